The number of nitrogens with zero attached hydrogens (tertiary/aromatic N) is 1. The van der Waals surface area contributed by atoms with E-state index in [-0.39, 0.29) is 5.25 Å². The highest BCUT2D eigenvalue weighted by Gasteiger charge is 2.26. The van der Waals surface area contributed by atoms with Crippen molar-refractivity contribution in [3.8, 4) is 5.75 Å². The molecule has 3 aromatic carbocycles. The summed E-state index contributed by atoms with van der Waals surface area (Å²) in [4.78, 5) is 6.14. The molecular weight excluding hydrogens is 314 g/mol. The molecule has 0 spiro atoms. The highest BCUT2D eigenvalue weighted by Crippen LogP contribution is 2.47. The lowest BCUT2D eigenvalue weighted by atomic mass is 10.0. The third kappa shape index (κ3) is 2.83. The Morgan fingerprint density at radius 1 is 0.875 bits per heavy atom. The Morgan fingerprint density at radius 3 is 2.29 bits per heavy atom. The molecule has 1 unspecified atom stereocenters. The minimum atomic E-state index is 0.174. The van der Waals surface area contributed by atoms with E-state index in [4.69, 9.17) is 9.73 Å². The molecule has 24 heavy (non-hydrogen) atoms. The van der Waals surface area contributed by atoms with Crippen molar-refractivity contribution in [2.45, 2.75) is 10.1 Å². The van der Waals surface area contributed by atoms with Gasteiger partial charge in [0, 0.05) is 4.90 Å². The zero-order valence-corrected chi connectivity index (χ0v) is 14.2. The van der Waals surface area contributed by atoms with Crippen LogP contribution in [-0.2, 0) is 0 Å². The molecule has 0 N–H and O–H groups in total. The number of thioether (sulfide) groups is 1. The van der Waals surface area contributed by atoms with Gasteiger partial charge in [-0.05, 0) is 29.3 Å². The molecule has 1 aliphatic heterocycles. The SMILES string of the molecule is COc1ccc2c(c1)SC(c1ccccc1)C(c1ccccc1)=N2. The number of fused-ring (bicyclic) bond motifs is 1. The molecule has 3 heteroatoms. The van der Waals surface area contributed by atoms with Crippen molar-refractivity contribution in [2.75, 3.05) is 7.11 Å². The average Bonchev–Trinajstić information content (AvgIpc) is 2.68. The van der Waals surface area contributed by atoms with Crippen molar-refractivity contribution >= 4 is 23.2 Å². The molecule has 0 bridgehead atoms. The van der Waals surface area contributed by atoms with Gasteiger partial charge in [0.1, 0.15) is 5.75 Å². The summed E-state index contributed by atoms with van der Waals surface area (Å²) in [7, 11) is 1.70. The Morgan fingerprint density at radius 2 is 1.58 bits per heavy atom. The molecule has 0 aromatic heterocycles. The fourth-order valence-electron chi connectivity index (χ4n) is 2.86. The van der Waals surface area contributed by atoms with Crippen molar-refractivity contribution in [2.24, 2.45) is 4.99 Å². The summed E-state index contributed by atoms with van der Waals surface area (Å²) in [5, 5.41) is 0.174. The smallest absolute Gasteiger partial charge is 0.120 e. The van der Waals surface area contributed by atoms with E-state index in [0.29, 0.717) is 0 Å². The van der Waals surface area contributed by atoms with Crippen LogP contribution in [0, 0.1) is 0 Å². The second-order valence-electron chi connectivity index (χ2n) is 5.61. The first-order chi connectivity index (χ1) is 11.8. The highest BCUT2D eigenvalue weighted by atomic mass is 32.2. The Kier molecular flexibility index (Phi) is 4.09. The van der Waals surface area contributed by atoms with E-state index >= 15 is 0 Å². The van der Waals surface area contributed by atoms with Gasteiger partial charge in [-0.15, -0.1) is 11.8 Å². The van der Waals surface area contributed by atoms with Crippen LogP contribution in [0.2, 0.25) is 0 Å². The summed E-state index contributed by atoms with van der Waals surface area (Å²) in [6, 6.07) is 27.0. The summed E-state index contributed by atoms with van der Waals surface area (Å²) in [5.41, 5.74) is 4.54. The van der Waals surface area contributed by atoms with E-state index in [2.05, 4.69) is 54.6 Å². The van der Waals surface area contributed by atoms with Crippen LogP contribution in [0.1, 0.15) is 16.4 Å². The average molecular weight is 331 g/mol. The summed E-state index contributed by atoms with van der Waals surface area (Å²) < 4.78 is 5.37. The number of ether oxygens (including phenoxy) is 1. The van der Waals surface area contributed by atoms with Crippen molar-refractivity contribution in [3.05, 3.63) is 90.0 Å². The van der Waals surface area contributed by atoms with E-state index in [1.165, 1.54) is 11.1 Å². The molecule has 2 nitrogen and oxygen atoms in total. The molecule has 0 saturated carbocycles. The number of aliphatic imine (C=N–C) groups is 1. The topological polar surface area (TPSA) is 21.6 Å². The maximum Gasteiger partial charge on any atom is 0.120 e. The number of hydrogen-bond donors (Lipinski definition) is 0. The van der Waals surface area contributed by atoms with Gasteiger partial charge in [-0.1, -0.05) is 60.7 Å². The molecule has 4 rings (SSSR count). The molecule has 1 aliphatic rings. The minimum absolute atomic E-state index is 0.174. The Balaban J connectivity index is 1.86. The van der Waals surface area contributed by atoms with E-state index in [9.17, 15) is 0 Å². The molecule has 1 heterocycles. The van der Waals surface area contributed by atoms with Crippen molar-refractivity contribution in [1.29, 1.82) is 0 Å². The molecule has 0 saturated heterocycles. The molecule has 0 amide bonds. The normalized spacial score (nSPS) is 16.2. The second kappa shape index (κ2) is 6.54. The molecule has 3 aromatic rings. The van der Waals surface area contributed by atoms with E-state index < -0.39 is 0 Å². The van der Waals surface area contributed by atoms with Gasteiger partial charge in [0.2, 0.25) is 0 Å². The molecular formula is C21H17NOS. The van der Waals surface area contributed by atoms with E-state index in [0.717, 1.165) is 22.0 Å². The lowest BCUT2D eigenvalue weighted by Crippen LogP contribution is -2.14. The molecule has 118 valence electrons. The standard InChI is InChI=1S/C21H17NOS/c1-23-17-12-13-18-19(14-17)24-21(16-10-6-3-7-11-16)20(22-18)15-8-4-2-5-9-15/h2-14,21H,1H3. The van der Waals surface area contributed by atoms with Gasteiger partial charge < -0.3 is 4.74 Å². The van der Waals surface area contributed by atoms with Crippen LogP contribution in [0.25, 0.3) is 0 Å². The Bertz CT molecular complexity index is 875. The monoisotopic (exact) mass is 331 g/mol. The van der Waals surface area contributed by atoms with Gasteiger partial charge >= 0.3 is 0 Å². The van der Waals surface area contributed by atoms with Gasteiger partial charge in [-0.25, -0.2) is 0 Å². The molecule has 0 fully saturated rings. The minimum Gasteiger partial charge on any atom is -0.497 e. The number of rotatable bonds is 3. The van der Waals surface area contributed by atoms with Crippen molar-refractivity contribution in [1.82, 2.24) is 0 Å². The largest absolute Gasteiger partial charge is 0.497 e. The fourth-order valence-corrected chi connectivity index (χ4v) is 4.12. The van der Waals surface area contributed by atoms with Crippen molar-refractivity contribution < 1.29 is 4.74 Å². The molecule has 0 radical (unpaired) electrons. The van der Waals surface area contributed by atoms with Crippen LogP contribution in [0.4, 0.5) is 5.69 Å². The van der Waals surface area contributed by atoms with Crippen LogP contribution in [0.3, 0.4) is 0 Å². The maximum absolute atomic E-state index is 5.37. The van der Waals surface area contributed by atoms with Crippen LogP contribution >= 0.6 is 11.8 Å². The van der Waals surface area contributed by atoms with Crippen LogP contribution in [-0.4, -0.2) is 12.8 Å². The third-order valence-electron chi connectivity index (χ3n) is 4.07. The zero-order chi connectivity index (χ0) is 16.4. The van der Waals surface area contributed by atoms with E-state index in [1.807, 2.05) is 36.0 Å². The summed E-state index contributed by atoms with van der Waals surface area (Å²) >= 11 is 1.83. The van der Waals surface area contributed by atoms with E-state index in [1.54, 1.807) is 7.11 Å². The van der Waals surface area contributed by atoms with Crippen LogP contribution < -0.4 is 4.74 Å². The maximum atomic E-state index is 5.37. The number of methoxy groups -OCH3 is 1. The number of benzene rings is 3. The predicted molar refractivity (Wildman–Crippen MR) is 101 cm³/mol. The highest BCUT2D eigenvalue weighted by molar-refractivity contribution is 8.00. The van der Waals surface area contributed by atoms with Gasteiger partial charge in [0.25, 0.3) is 0 Å². The lowest BCUT2D eigenvalue weighted by Gasteiger charge is -2.25. The van der Waals surface area contributed by atoms with Crippen LogP contribution in [0.15, 0.2) is 88.8 Å². The molecule has 1 atom stereocenters. The van der Waals surface area contributed by atoms with Crippen molar-refractivity contribution in [3.63, 3.8) is 0 Å². The Hall–Kier alpha value is -2.52. The zero-order valence-electron chi connectivity index (χ0n) is 13.3. The van der Waals surface area contributed by atoms with Gasteiger partial charge in [-0.3, -0.25) is 4.99 Å². The quantitative estimate of drug-likeness (QED) is 0.617. The number of hydrogen-bond acceptors (Lipinski definition) is 3. The second-order valence-corrected chi connectivity index (χ2v) is 6.75. The van der Waals surface area contributed by atoms with Gasteiger partial charge in [-0.2, -0.15) is 0 Å². The van der Waals surface area contributed by atoms with Crippen LogP contribution in [0.5, 0.6) is 5.75 Å². The summed E-state index contributed by atoms with van der Waals surface area (Å²) in [5.74, 6) is 0.867. The first-order valence-corrected chi connectivity index (χ1v) is 8.77. The summed E-state index contributed by atoms with van der Waals surface area (Å²) in [6.07, 6.45) is 0. The first kappa shape index (κ1) is 15.0. The molecule has 0 aliphatic carbocycles. The third-order valence-corrected chi connectivity index (χ3v) is 5.38. The summed E-state index contributed by atoms with van der Waals surface area (Å²) in [6.45, 7) is 0. The predicted octanol–water partition coefficient (Wildman–Crippen LogP) is 5.66. The fraction of sp³-hybridized carbons (Fsp3) is 0.0952. The van der Waals surface area contributed by atoms with Gasteiger partial charge in [0.15, 0.2) is 0 Å². The Labute approximate surface area is 146 Å². The lowest BCUT2D eigenvalue weighted by molar-refractivity contribution is 0.414. The first-order valence-electron chi connectivity index (χ1n) is 7.89. The van der Waals surface area contributed by atoms with Gasteiger partial charge in [0.05, 0.1) is 23.8 Å².